The number of hydrogen-bond acceptors (Lipinski definition) is 3. The van der Waals surface area contributed by atoms with Crippen molar-refractivity contribution < 1.29 is 4.79 Å². The molecule has 1 N–H and O–H groups in total. The third kappa shape index (κ3) is 3.05. The highest BCUT2D eigenvalue weighted by Crippen LogP contribution is 2.32. The minimum Gasteiger partial charge on any atom is -0.316 e. The largest absolute Gasteiger partial charge is 0.316 e. The number of hydrogen-bond donors (Lipinski definition) is 1. The second-order valence-electron chi connectivity index (χ2n) is 6.74. The minimum absolute atomic E-state index is 0.144. The van der Waals surface area contributed by atoms with E-state index in [9.17, 15) is 4.79 Å². The lowest BCUT2D eigenvalue weighted by Crippen LogP contribution is -2.34. The Labute approximate surface area is 127 Å². The van der Waals surface area contributed by atoms with Gasteiger partial charge in [0.15, 0.2) is 0 Å². The zero-order valence-electron chi connectivity index (χ0n) is 13.1. The molecular formula is C17H27N3O. The maximum atomic E-state index is 12.7. The van der Waals surface area contributed by atoms with Crippen LogP contribution in [0, 0.1) is 5.41 Å². The number of Topliss-reactive ketones (excluding diaryl/α,β-unsaturated/α-hetero) is 1. The Morgan fingerprint density at radius 1 is 1.43 bits per heavy atom. The van der Waals surface area contributed by atoms with Gasteiger partial charge in [0.05, 0.1) is 18.2 Å². The van der Waals surface area contributed by atoms with E-state index in [0.29, 0.717) is 18.2 Å². The van der Waals surface area contributed by atoms with Crippen LogP contribution in [-0.2, 0) is 11.2 Å². The van der Waals surface area contributed by atoms with Crippen LogP contribution in [0.1, 0.15) is 63.6 Å². The zero-order chi connectivity index (χ0) is 14.7. The summed E-state index contributed by atoms with van der Waals surface area (Å²) in [5.74, 6) is 0.365. The van der Waals surface area contributed by atoms with E-state index in [4.69, 9.17) is 0 Å². The van der Waals surface area contributed by atoms with E-state index < -0.39 is 0 Å². The molecule has 2 heterocycles. The molecule has 4 heteroatoms. The van der Waals surface area contributed by atoms with Crippen molar-refractivity contribution in [3.63, 3.8) is 0 Å². The summed E-state index contributed by atoms with van der Waals surface area (Å²) < 4.78 is 2.10. The second-order valence-corrected chi connectivity index (χ2v) is 6.74. The SMILES string of the molecule is CCC1(C(=O)Cc2ccn(C3CCCCC3)n2)CCNC1. The van der Waals surface area contributed by atoms with Crippen molar-refractivity contribution >= 4 is 5.78 Å². The van der Waals surface area contributed by atoms with Gasteiger partial charge in [-0.15, -0.1) is 0 Å². The summed E-state index contributed by atoms with van der Waals surface area (Å²) in [6.07, 6.45) is 10.9. The maximum absolute atomic E-state index is 12.7. The van der Waals surface area contributed by atoms with Crippen LogP contribution in [-0.4, -0.2) is 28.7 Å². The molecule has 2 aliphatic rings. The molecule has 1 saturated heterocycles. The number of aromatic nitrogens is 2. The average Bonchev–Trinajstić information content (AvgIpc) is 3.18. The summed E-state index contributed by atoms with van der Waals surface area (Å²) in [4.78, 5) is 12.7. The Morgan fingerprint density at radius 2 is 2.24 bits per heavy atom. The van der Waals surface area contributed by atoms with Crippen LogP contribution in [0.5, 0.6) is 0 Å². The van der Waals surface area contributed by atoms with E-state index in [-0.39, 0.29) is 5.41 Å². The van der Waals surface area contributed by atoms with Crippen LogP contribution in [0.2, 0.25) is 0 Å². The fraction of sp³-hybridized carbons (Fsp3) is 0.765. The van der Waals surface area contributed by atoms with Crippen LogP contribution < -0.4 is 5.32 Å². The normalized spacial score (nSPS) is 27.1. The molecule has 1 unspecified atom stereocenters. The zero-order valence-corrected chi connectivity index (χ0v) is 13.1. The summed E-state index contributed by atoms with van der Waals surface area (Å²) >= 11 is 0. The van der Waals surface area contributed by atoms with Gasteiger partial charge < -0.3 is 5.32 Å². The van der Waals surface area contributed by atoms with E-state index in [1.165, 1.54) is 32.1 Å². The molecule has 0 spiro atoms. The first-order valence-electron chi connectivity index (χ1n) is 8.51. The molecule has 21 heavy (non-hydrogen) atoms. The van der Waals surface area contributed by atoms with E-state index in [1.54, 1.807) is 0 Å². The highest BCUT2D eigenvalue weighted by atomic mass is 16.1. The third-order valence-electron chi connectivity index (χ3n) is 5.47. The van der Waals surface area contributed by atoms with Crippen molar-refractivity contribution in [3.8, 4) is 0 Å². The molecule has 1 atom stereocenters. The van der Waals surface area contributed by atoms with Gasteiger partial charge in [-0.05, 0) is 38.3 Å². The van der Waals surface area contributed by atoms with Gasteiger partial charge in [-0.2, -0.15) is 5.10 Å². The molecule has 1 aliphatic carbocycles. The second kappa shape index (κ2) is 6.30. The Hall–Kier alpha value is -1.16. The Kier molecular flexibility index (Phi) is 4.43. The van der Waals surface area contributed by atoms with Crippen molar-refractivity contribution in [2.24, 2.45) is 5.41 Å². The lowest BCUT2D eigenvalue weighted by Gasteiger charge is -2.24. The third-order valence-corrected chi connectivity index (χ3v) is 5.47. The highest BCUT2D eigenvalue weighted by molar-refractivity contribution is 5.87. The molecular weight excluding hydrogens is 262 g/mol. The molecule has 2 fully saturated rings. The van der Waals surface area contributed by atoms with E-state index >= 15 is 0 Å². The lowest BCUT2D eigenvalue weighted by atomic mass is 9.78. The summed E-state index contributed by atoms with van der Waals surface area (Å²) in [5, 5.41) is 8.03. The van der Waals surface area contributed by atoms with Gasteiger partial charge in [-0.3, -0.25) is 9.48 Å². The smallest absolute Gasteiger partial charge is 0.146 e. The molecule has 116 valence electrons. The van der Waals surface area contributed by atoms with Gasteiger partial charge >= 0.3 is 0 Å². The first-order valence-corrected chi connectivity index (χ1v) is 8.51. The number of ketones is 1. The van der Waals surface area contributed by atoms with Crippen LogP contribution >= 0.6 is 0 Å². The first kappa shape index (κ1) is 14.8. The minimum atomic E-state index is -0.144. The molecule has 0 amide bonds. The lowest BCUT2D eigenvalue weighted by molar-refractivity contribution is -0.127. The molecule has 1 aromatic heterocycles. The van der Waals surface area contributed by atoms with Crippen molar-refractivity contribution in [2.75, 3.05) is 13.1 Å². The average molecular weight is 289 g/mol. The Balaban J connectivity index is 1.65. The van der Waals surface area contributed by atoms with Crippen molar-refractivity contribution in [2.45, 2.75) is 64.3 Å². The van der Waals surface area contributed by atoms with Crippen molar-refractivity contribution in [1.29, 1.82) is 0 Å². The predicted molar refractivity (Wildman–Crippen MR) is 83.3 cm³/mol. The fourth-order valence-corrected chi connectivity index (χ4v) is 3.85. The summed E-state index contributed by atoms with van der Waals surface area (Å²) in [6, 6.07) is 2.59. The van der Waals surface area contributed by atoms with Crippen molar-refractivity contribution in [3.05, 3.63) is 18.0 Å². The van der Waals surface area contributed by atoms with Crippen LogP contribution in [0.15, 0.2) is 12.3 Å². The van der Waals surface area contributed by atoms with Gasteiger partial charge in [-0.25, -0.2) is 0 Å². The standard InChI is InChI=1S/C17H27N3O/c1-2-17(9-10-18-13-17)16(21)12-14-8-11-20(19-14)15-6-4-3-5-7-15/h8,11,15,18H,2-7,9-10,12-13H2,1H3. The van der Waals surface area contributed by atoms with Gasteiger partial charge in [0.2, 0.25) is 0 Å². The number of nitrogens with zero attached hydrogens (tertiary/aromatic N) is 2. The number of carbonyl (C=O) groups excluding carboxylic acids is 1. The van der Waals surface area contributed by atoms with E-state index in [2.05, 4.69) is 28.2 Å². The van der Waals surface area contributed by atoms with Crippen LogP contribution in [0.3, 0.4) is 0 Å². The first-order chi connectivity index (χ1) is 10.2. The van der Waals surface area contributed by atoms with Gasteiger partial charge in [-0.1, -0.05) is 26.2 Å². The van der Waals surface area contributed by atoms with Crippen LogP contribution in [0.25, 0.3) is 0 Å². The highest BCUT2D eigenvalue weighted by Gasteiger charge is 2.39. The van der Waals surface area contributed by atoms with Gasteiger partial charge in [0.1, 0.15) is 5.78 Å². The molecule has 1 saturated carbocycles. The summed E-state index contributed by atoms with van der Waals surface area (Å²) in [7, 11) is 0. The number of nitrogens with one attached hydrogen (secondary N) is 1. The molecule has 3 rings (SSSR count). The van der Waals surface area contributed by atoms with E-state index in [1.807, 2.05) is 6.07 Å². The fourth-order valence-electron chi connectivity index (χ4n) is 3.85. The molecule has 0 bridgehead atoms. The van der Waals surface area contributed by atoms with Gasteiger partial charge in [0.25, 0.3) is 0 Å². The summed E-state index contributed by atoms with van der Waals surface area (Å²) in [6.45, 7) is 3.94. The molecule has 4 nitrogen and oxygen atoms in total. The number of rotatable bonds is 5. The Morgan fingerprint density at radius 3 is 2.90 bits per heavy atom. The molecule has 0 radical (unpaired) electrons. The monoisotopic (exact) mass is 289 g/mol. The molecule has 0 aromatic carbocycles. The van der Waals surface area contributed by atoms with Gasteiger partial charge in [0, 0.05) is 18.2 Å². The van der Waals surface area contributed by atoms with Crippen molar-refractivity contribution in [1.82, 2.24) is 15.1 Å². The predicted octanol–water partition coefficient (Wildman–Crippen LogP) is 2.89. The topological polar surface area (TPSA) is 46.9 Å². The van der Waals surface area contributed by atoms with Crippen LogP contribution in [0.4, 0.5) is 0 Å². The summed E-state index contributed by atoms with van der Waals surface area (Å²) in [5.41, 5.74) is 0.805. The molecule has 1 aromatic rings. The Bertz CT molecular complexity index is 482. The quantitative estimate of drug-likeness (QED) is 0.906. The number of carbonyl (C=O) groups is 1. The molecule has 1 aliphatic heterocycles. The van der Waals surface area contributed by atoms with E-state index in [0.717, 1.165) is 31.6 Å². The maximum Gasteiger partial charge on any atom is 0.146 e.